The van der Waals surface area contributed by atoms with Crippen LogP contribution in [0.5, 0.6) is 11.5 Å². The highest BCUT2D eigenvalue weighted by molar-refractivity contribution is 14.0. The van der Waals surface area contributed by atoms with Crippen molar-refractivity contribution in [2.75, 3.05) is 20.2 Å². The Morgan fingerprint density at radius 2 is 2.00 bits per heavy atom. The minimum atomic E-state index is -0.0602. The molecule has 3 rings (SSSR count). The molecule has 0 saturated carbocycles. The van der Waals surface area contributed by atoms with Gasteiger partial charge >= 0.3 is 0 Å². The van der Waals surface area contributed by atoms with Gasteiger partial charge < -0.3 is 20.1 Å². The normalized spacial score (nSPS) is 15.9. The van der Waals surface area contributed by atoms with Crippen LogP contribution >= 0.6 is 24.0 Å². The van der Waals surface area contributed by atoms with Gasteiger partial charge in [0.05, 0.1) is 18.8 Å². The molecular formula is C18H23IN4O2. The number of aryl methyl sites for hydroxylation is 1. The van der Waals surface area contributed by atoms with Crippen LogP contribution in [-0.2, 0) is 6.54 Å². The maximum atomic E-state index is 5.93. The van der Waals surface area contributed by atoms with Gasteiger partial charge in [0, 0.05) is 13.2 Å². The summed E-state index contributed by atoms with van der Waals surface area (Å²) in [6.07, 6.45) is 1.74. The van der Waals surface area contributed by atoms with Gasteiger partial charge in [0.1, 0.15) is 12.7 Å². The number of aromatic nitrogens is 1. The van der Waals surface area contributed by atoms with E-state index in [4.69, 9.17) is 9.47 Å². The van der Waals surface area contributed by atoms with E-state index in [9.17, 15) is 0 Å². The summed E-state index contributed by atoms with van der Waals surface area (Å²) in [5, 5.41) is 6.53. The molecule has 1 aromatic heterocycles. The van der Waals surface area contributed by atoms with Gasteiger partial charge in [-0.3, -0.25) is 9.98 Å². The lowest BCUT2D eigenvalue weighted by molar-refractivity contribution is 0.0936. The van der Waals surface area contributed by atoms with Gasteiger partial charge in [0.2, 0.25) is 0 Å². The molecule has 1 aliphatic rings. The maximum absolute atomic E-state index is 5.93. The molecule has 1 aliphatic heterocycles. The summed E-state index contributed by atoms with van der Waals surface area (Å²) < 4.78 is 11.6. The molecule has 2 aromatic rings. The van der Waals surface area contributed by atoms with E-state index in [0.29, 0.717) is 25.7 Å². The molecule has 0 amide bonds. The predicted molar refractivity (Wildman–Crippen MR) is 109 cm³/mol. The molecule has 0 aliphatic carbocycles. The molecule has 0 spiro atoms. The number of benzene rings is 1. The van der Waals surface area contributed by atoms with Crippen LogP contribution in [0.2, 0.25) is 0 Å². The second-order valence-corrected chi connectivity index (χ2v) is 5.57. The maximum Gasteiger partial charge on any atom is 0.191 e. The number of fused-ring (bicyclic) bond motifs is 1. The molecule has 1 aromatic carbocycles. The van der Waals surface area contributed by atoms with Crippen molar-refractivity contribution >= 4 is 29.9 Å². The number of nitrogens with zero attached hydrogens (tertiary/aromatic N) is 2. The number of halogens is 1. The number of para-hydroxylation sites is 2. The van der Waals surface area contributed by atoms with Crippen molar-refractivity contribution in [3.05, 3.63) is 53.9 Å². The molecule has 1 atom stereocenters. The minimum absolute atomic E-state index is 0. The van der Waals surface area contributed by atoms with Crippen molar-refractivity contribution in [3.8, 4) is 11.5 Å². The molecule has 0 saturated heterocycles. The van der Waals surface area contributed by atoms with Gasteiger partial charge in [0.15, 0.2) is 17.5 Å². The Balaban J connectivity index is 0.00000225. The summed E-state index contributed by atoms with van der Waals surface area (Å²) >= 11 is 0. The number of hydrogen-bond acceptors (Lipinski definition) is 4. The van der Waals surface area contributed by atoms with E-state index in [0.717, 1.165) is 22.8 Å². The Bertz CT molecular complexity index is 724. The average molecular weight is 454 g/mol. The molecule has 2 N–H and O–H groups in total. The van der Waals surface area contributed by atoms with Crippen LogP contribution in [-0.4, -0.2) is 37.2 Å². The molecule has 0 bridgehead atoms. The third-order valence-corrected chi connectivity index (χ3v) is 3.83. The second kappa shape index (κ2) is 9.45. The Morgan fingerprint density at radius 1 is 1.20 bits per heavy atom. The lowest BCUT2D eigenvalue weighted by Crippen LogP contribution is -2.45. The fourth-order valence-corrected chi connectivity index (χ4v) is 2.47. The summed E-state index contributed by atoms with van der Waals surface area (Å²) in [4.78, 5) is 8.60. The molecular weight excluding hydrogens is 431 g/mol. The monoisotopic (exact) mass is 454 g/mol. The topological polar surface area (TPSA) is 67.8 Å². The van der Waals surface area contributed by atoms with Crippen molar-refractivity contribution in [1.82, 2.24) is 15.6 Å². The molecule has 2 heterocycles. The summed E-state index contributed by atoms with van der Waals surface area (Å²) in [5.41, 5.74) is 2.16. The number of rotatable bonds is 4. The first-order valence-corrected chi connectivity index (χ1v) is 8.00. The largest absolute Gasteiger partial charge is 0.486 e. The predicted octanol–water partition coefficient (Wildman–Crippen LogP) is 2.51. The van der Waals surface area contributed by atoms with Crippen LogP contribution in [0.3, 0.4) is 0 Å². The van der Waals surface area contributed by atoms with E-state index in [1.807, 2.05) is 43.3 Å². The molecule has 0 fully saturated rings. The molecule has 134 valence electrons. The van der Waals surface area contributed by atoms with Gasteiger partial charge in [-0.05, 0) is 30.7 Å². The van der Waals surface area contributed by atoms with E-state index in [1.165, 1.54) is 0 Å². The fourth-order valence-electron chi connectivity index (χ4n) is 2.47. The summed E-state index contributed by atoms with van der Waals surface area (Å²) in [6.45, 7) is 3.79. The Hall–Kier alpha value is -2.03. The quantitative estimate of drug-likeness (QED) is 0.422. The van der Waals surface area contributed by atoms with Crippen LogP contribution in [0.4, 0.5) is 0 Å². The lowest BCUT2D eigenvalue weighted by Gasteiger charge is -2.27. The minimum Gasteiger partial charge on any atom is -0.486 e. The number of pyridine rings is 1. The standard InChI is InChI=1S/C18H22N4O2.HI/c1-13-6-5-9-20-15(13)11-22-18(19-2)21-10-14-12-23-16-7-3-4-8-17(16)24-14;/h3-9,14H,10-12H2,1-2H3,(H2,19,21,22);1H. The summed E-state index contributed by atoms with van der Waals surface area (Å²) in [6, 6.07) is 11.7. The molecule has 25 heavy (non-hydrogen) atoms. The van der Waals surface area contributed by atoms with Crippen LogP contribution in [0.15, 0.2) is 47.6 Å². The van der Waals surface area contributed by atoms with Gasteiger partial charge in [-0.1, -0.05) is 18.2 Å². The Kier molecular flexibility index (Phi) is 7.30. The zero-order valence-electron chi connectivity index (χ0n) is 14.4. The first-order valence-electron chi connectivity index (χ1n) is 8.00. The van der Waals surface area contributed by atoms with Crippen molar-refractivity contribution < 1.29 is 9.47 Å². The Morgan fingerprint density at radius 3 is 2.76 bits per heavy atom. The summed E-state index contributed by atoms with van der Waals surface area (Å²) in [5.74, 6) is 2.28. The fraction of sp³-hybridized carbons (Fsp3) is 0.333. The SMILES string of the molecule is CN=C(NCc1ncccc1C)NCC1COc2ccccc2O1.I. The smallest absolute Gasteiger partial charge is 0.191 e. The van der Waals surface area contributed by atoms with Crippen molar-refractivity contribution in [3.63, 3.8) is 0 Å². The van der Waals surface area contributed by atoms with Gasteiger partial charge in [-0.15, -0.1) is 24.0 Å². The molecule has 1 unspecified atom stereocenters. The first kappa shape index (κ1) is 19.3. The van der Waals surface area contributed by atoms with E-state index in [-0.39, 0.29) is 30.1 Å². The van der Waals surface area contributed by atoms with E-state index < -0.39 is 0 Å². The van der Waals surface area contributed by atoms with Gasteiger partial charge in [-0.2, -0.15) is 0 Å². The Labute approximate surface area is 165 Å². The van der Waals surface area contributed by atoms with Gasteiger partial charge in [-0.25, -0.2) is 0 Å². The van der Waals surface area contributed by atoms with Crippen molar-refractivity contribution in [2.24, 2.45) is 4.99 Å². The third-order valence-electron chi connectivity index (χ3n) is 3.83. The molecule has 7 heteroatoms. The van der Waals surface area contributed by atoms with Gasteiger partial charge in [0.25, 0.3) is 0 Å². The van der Waals surface area contributed by atoms with E-state index in [2.05, 4.69) is 20.6 Å². The zero-order valence-corrected chi connectivity index (χ0v) is 16.7. The van der Waals surface area contributed by atoms with Crippen LogP contribution in [0, 0.1) is 6.92 Å². The number of nitrogens with one attached hydrogen (secondary N) is 2. The van der Waals surface area contributed by atoms with Crippen LogP contribution in [0.25, 0.3) is 0 Å². The summed E-state index contributed by atoms with van der Waals surface area (Å²) in [7, 11) is 1.74. The lowest BCUT2D eigenvalue weighted by atomic mass is 10.2. The van der Waals surface area contributed by atoms with E-state index in [1.54, 1.807) is 13.2 Å². The highest BCUT2D eigenvalue weighted by atomic mass is 127. The number of ether oxygens (including phenoxy) is 2. The first-order chi connectivity index (χ1) is 11.8. The molecule has 6 nitrogen and oxygen atoms in total. The van der Waals surface area contributed by atoms with Crippen LogP contribution < -0.4 is 20.1 Å². The average Bonchev–Trinajstić information content (AvgIpc) is 2.63. The second-order valence-electron chi connectivity index (χ2n) is 5.57. The van der Waals surface area contributed by atoms with Crippen molar-refractivity contribution in [2.45, 2.75) is 19.6 Å². The third kappa shape index (κ3) is 5.22. The van der Waals surface area contributed by atoms with Crippen LogP contribution in [0.1, 0.15) is 11.3 Å². The highest BCUT2D eigenvalue weighted by Gasteiger charge is 2.20. The molecule has 0 radical (unpaired) electrons. The number of aliphatic imine (C=N–C) groups is 1. The highest BCUT2D eigenvalue weighted by Crippen LogP contribution is 2.30. The number of guanidine groups is 1. The zero-order chi connectivity index (χ0) is 16.8. The van der Waals surface area contributed by atoms with E-state index >= 15 is 0 Å². The van der Waals surface area contributed by atoms with Crippen molar-refractivity contribution in [1.29, 1.82) is 0 Å². The number of hydrogen-bond donors (Lipinski definition) is 2.